The molecule has 2 amide bonds. The molecule has 1 aromatic carbocycles. The van der Waals surface area contributed by atoms with Gasteiger partial charge in [-0.1, -0.05) is 6.92 Å². The molecule has 0 spiro atoms. The number of nitrogens with one attached hydrogen (secondary N) is 1. The third-order valence-corrected chi connectivity index (χ3v) is 5.63. The average molecular weight is 444 g/mol. The summed E-state index contributed by atoms with van der Waals surface area (Å²) < 4.78 is 19.8. The predicted octanol–water partition coefficient (Wildman–Crippen LogP) is 2.47. The molecule has 1 aliphatic rings. The van der Waals surface area contributed by atoms with E-state index in [1.54, 1.807) is 6.07 Å². The molecule has 1 aromatic heterocycles. The molecule has 172 valence electrons. The maximum Gasteiger partial charge on any atom is 0.254 e. The summed E-state index contributed by atoms with van der Waals surface area (Å²) in [5.41, 5.74) is 5.96. The highest BCUT2D eigenvalue weighted by Gasteiger charge is 2.20. The Labute approximate surface area is 187 Å². The van der Waals surface area contributed by atoms with E-state index in [4.69, 9.17) is 10.5 Å². The van der Waals surface area contributed by atoms with Gasteiger partial charge >= 0.3 is 0 Å². The predicted molar refractivity (Wildman–Crippen MR) is 119 cm³/mol. The van der Waals surface area contributed by atoms with Crippen molar-refractivity contribution in [1.29, 1.82) is 0 Å². The van der Waals surface area contributed by atoms with Crippen molar-refractivity contribution in [3.8, 4) is 5.75 Å². The second-order valence-electron chi connectivity index (χ2n) is 7.96. The zero-order chi connectivity index (χ0) is 22.9. The van der Waals surface area contributed by atoms with Gasteiger partial charge in [-0.25, -0.2) is 14.4 Å². The van der Waals surface area contributed by atoms with Gasteiger partial charge in [0.25, 0.3) is 5.91 Å². The monoisotopic (exact) mass is 443 g/mol. The molecule has 0 bridgehead atoms. The van der Waals surface area contributed by atoms with Crippen LogP contribution in [0, 0.1) is 11.7 Å². The number of ether oxygens (including phenoxy) is 1. The Balaban J connectivity index is 1.37. The molecule has 0 unspecified atom stereocenters. The molecule has 8 nitrogen and oxygen atoms in total. The minimum Gasteiger partial charge on any atom is -0.493 e. The van der Waals surface area contributed by atoms with E-state index in [1.165, 1.54) is 12.1 Å². The summed E-state index contributed by atoms with van der Waals surface area (Å²) in [6.45, 7) is 4.12. The molecule has 3 rings (SSSR count). The number of aromatic nitrogens is 2. The SMILES string of the molecule is CCc1cnc(N2CCC(CCCOc3ccc(C(=O)NCC(N)=O)c(F)c3)CC2)nc1. The number of hydrogen-bond donors (Lipinski definition) is 2. The van der Waals surface area contributed by atoms with Crippen molar-refractivity contribution in [3.05, 3.63) is 47.5 Å². The quantitative estimate of drug-likeness (QED) is 0.546. The van der Waals surface area contributed by atoms with Crippen LogP contribution < -0.4 is 20.7 Å². The number of nitrogens with zero attached hydrogens (tertiary/aromatic N) is 3. The lowest BCUT2D eigenvalue weighted by molar-refractivity contribution is -0.117. The standard InChI is InChI=1S/C23H30FN5O3/c1-2-16-13-27-23(28-14-16)29-9-7-17(8-10-29)4-3-11-32-18-5-6-19(20(24)12-18)22(31)26-15-21(25)30/h5-6,12-14,17H,2-4,7-11,15H2,1H3,(H2,25,30)(H,26,31). The fourth-order valence-corrected chi connectivity index (χ4v) is 3.71. The summed E-state index contributed by atoms with van der Waals surface area (Å²) in [6.07, 6.45) is 8.82. The molecule has 1 saturated heterocycles. The Morgan fingerprint density at radius 3 is 2.59 bits per heavy atom. The van der Waals surface area contributed by atoms with Crippen LogP contribution >= 0.6 is 0 Å². The van der Waals surface area contributed by atoms with Crippen molar-refractivity contribution in [2.45, 2.75) is 39.0 Å². The molecule has 0 aliphatic carbocycles. The Morgan fingerprint density at radius 2 is 1.97 bits per heavy atom. The van der Waals surface area contributed by atoms with Crippen LogP contribution in [0.4, 0.5) is 10.3 Å². The number of primary amides is 1. The van der Waals surface area contributed by atoms with Crippen molar-refractivity contribution in [3.63, 3.8) is 0 Å². The fraction of sp³-hybridized carbons (Fsp3) is 0.478. The first-order valence-electron chi connectivity index (χ1n) is 11.0. The van der Waals surface area contributed by atoms with E-state index in [9.17, 15) is 14.0 Å². The molecular weight excluding hydrogens is 413 g/mol. The van der Waals surface area contributed by atoms with Crippen LogP contribution in [0.5, 0.6) is 5.75 Å². The number of halogens is 1. The van der Waals surface area contributed by atoms with Gasteiger partial charge in [-0.2, -0.15) is 0 Å². The summed E-state index contributed by atoms with van der Waals surface area (Å²) in [7, 11) is 0. The second kappa shape index (κ2) is 11.4. The van der Waals surface area contributed by atoms with E-state index in [-0.39, 0.29) is 12.1 Å². The molecule has 0 atom stereocenters. The van der Waals surface area contributed by atoms with Crippen LogP contribution in [0.2, 0.25) is 0 Å². The third-order valence-electron chi connectivity index (χ3n) is 5.63. The summed E-state index contributed by atoms with van der Waals surface area (Å²) >= 11 is 0. The van der Waals surface area contributed by atoms with Crippen molar-refractivity contribution < 1.29 is 18.7 Å². The number of amides is 2. The number of piperidine rings is 1. The van der Waals surface area contributed by atoms with Crippen LogP contribution in [-0.4, -0.2) is 48.0 Å². The number of rotatable bonds is 10. The maximum atomic E-state index is 14.2. The van der Waals surface area contributed by atoms with E-state index in [1.807, 2.05) is 12.4 Å². The molecular formula is C23H30FN5O3. The minimum absolute atomic E-state index is 0.154. The normalized spacial score (nSPS) is 14.2. The Morgan fingerprint density at radius 1 is 1.25 bits per heavy atom. The van der Waals surface area contributed by atoms with Crippen molar-refractivity contribution in [2.24, 2.45) is 11.7 Å². The number of hydrogen-bond acceptors (Lipinski definition) is 6. The largest absolute Gasteiger partial charge is 0.493 e. The van der Waals surface area contributed by atoms with Crippen molar-refractivity contribution >= 4 is 17.8 Å². The zero-order valence-electron chi connectivity index (χ0n) is 18.3. The number of anilines is 1. The van der Waals surface area contributed by atoms with E-state index >= 15 is 0 Å². The maximum absolute atomic E-state index is 14.2. The van der Waals surface area contributed by atoms with Crippen molar-refractivity contribution in [1.82, 2.24) is 15.3 Å². The molecule has 2 aromatic rings. The molecule has 2 heterocycles. The Bertz CT molecular complexity index is 914. The third kappa shape index (κ3) is 6.63. The Hall–Kier alpha value is -3.23. The van der Waals surface area contributed by atoms with Gasteiger partial charge in [0.2, 0.25) is 11.9 Å². The van der Waals surface area contributed by atoms with Gasteiger partial charge in [0, 0.05) is 31.5 Å². The molecule has 0 saturated carbocycles. The highest BCUT2D eigenvalue weighted by atomic mass is 19.1. The van der Waals surface area contributed by atoms with Crippen LogP contribution in [0.1, 0.15) is 48.5 Å². The van der Waals surface area contributed by atoms with Crippen LogP contribution in [0.15, 0.2) is 30.6 Å². The smallest absolute Gasteiger partial charge is 0.254 e. The highest BCUT2D eigenvalue weighted by Crippen LogP contribution is 2.24. The zero-order valence-corrected chi connectivity index (χ0v) is 18.3. The van der Waals surface area contributed by atoms with Crippen LogP contribution in [0.3, 0.4) is 0 Å². The molecule has 0 radical (unpaired) electrons. The molecule has 32 heavy (non-hydrogen) atoms. The highest BCUT2D eigenvalue weighted by molar-refractivity contribution is 5.96. The summed E-state index contributed by atoms with van der Waals surface area (Å²) in [6, 6.07) is 4.07. The summed E-state index contributed by atoms with van der Waals surface area (Å²) in [5, 5.41) is 2.26. The van der Waals surface area contributed by atoms with Crippen molar-refractivity contribution in [2.75, 3.05) is 31.1 Å². The van der Waals surface area contributed by atoms with Gasteiger partial charge in [-0.05, 0) is 55.7 Å². The number of carbonyl (C=O) groups is 2. The van der Waals surface area contributed by atoms with Crippen LogP contribution in [0.25, 0.3) is 0 Å². The number of nitrogens with two attached hydrogens (primary N) is 1. The van der Waals surface area contributed by atoms with Gasteiger partial charge in [0.15, 0.2) is 0 Å². The number of aryl methyl sites for hydroxylation is 1. The minimum atomic E-state index is -0.703. The van der Waals surface area contributed by atoms with E-state index in [0.717, 1.165) is 56.7 Å². The lowest BCUT2D eigenvalue weighted by Crippen LogP contribution is -2.35. The van der Waals surface area contributed by atoms with Crippen LogP contribution in [-0.2, 0) is 11.2 Å². The fourth-order valence-electron chi connectivity index (χ4n) is 3.71. The van der Waals surface area contributed by atoms with E-state index < -0.39 is 17.6 Å². The molecule has 1 fully saturated rings. The number of carbonyl (C=O) groups excluding carboxylic acids is 2. The van der Waals surface area contributed by atoms with E-state index in [0.29, 0.717) is 18.3 Å². The van der Waals surface area contributed by atoms with Gasteiger partial charge in [0.05, 0.1) is 18.7 Å². The van der Waals surface area contributed by atoms with Gasteiger partial charge in [-0.15, -0.1) is 0 Å². The average Bonchev–Trinajstić information content (AvgIpc) is 2.81. The van der Waals surface area contributed by atoms with Gasteiger partial charge in [-0.3, -0.25) is 9.59 Å². The van der Waals surface area contributed by atoms with E-state index in [2.05, 4.69) is 27.1 Å². The lowest BCUT2D eigenvalue weighted by Gasteiger charge is -2.32. The first-order valence-corrected chi connectivity index (χ1v) is 11.0. The number of benzene rings is 1. The summed E-state index contributed by atoms with van der Waals surface area (Å²) in [4.78, 5) is 33.7. The Kier molecular flexibility index (Phi) is 8.35. The first-order chi connectivity index (χ1) is 15.5. The molecule has 3 N–H and O–H groups in total. The van der Waals surface area contributed by atoms with Gasteiger partial charge in [0.1, 0.15) is 11.6 Å². The molecule has 1 aliphatic heterocycles. The first kappa shape index (κ1) is 23.4. The second-order valence-corrected chi connectivity index (χ2v) is 7.96. The summed E-state index contributed by atoms with van der Waals surface area (Å²) in [5.74, 6) is -0.285. The lowest BCUT2D eigenvalue weighted by atomic mass is 9.92. The van der Waals surface area contributed by atoms with Gasteiger partial charge < -0.3 is 20.7 Å². The molecule has 9 heteroatoms. The topological polar surface area (TPSA) is 110 Å².